The highest BCUT2D eigenvalue weighted by Gasteiger charge is 2.27. The van der Waals surface area contributed by atoms with Crippen molar-refractivity contribution in [3.05, 3.63) is 59.8 Å². The summed E-state index contributed by atoms with van der Waals surface area (Å²) < 4.78 is 77.9. The molecule has 170 valence electrons. The molecule has 32 heavy (non-hydrogen) atoms. The van der Waals surface area contributed by atoms with Crippen molar-refractivity contribution in [3.8, 4) is 0 Å². The van der Waals surface area contributed by atoms with E-state index in [1.807, 2.05) is 0 Å². The lowest BCUT2D eigenvalue weighted by Gasteiger charge is -2.09. The minimum absolute atomic E-state index is 0.0659. The van der Waals surface area contributed by atoms with Gasteiger partial charge < -0.3 is 16.0 Å². The summed E-state index contributed by atoms with van der Waals surface area (Å²) in [6.07, 6.45) is -0.523. The normalized spacial score (nSPS) is 11.3. The lowest BCUT2D eigenvalue weighted by molar-refractivity contribution is -0.138. The highest BCUT2D eigenvalue weighted by atomic mass is 19.4. The average Bonchev–Trinajstić information content (AvgIpc) is 3.12. The van der Waals surface area contributed by atoms with Crippen LogP contribution in [0.5, 0.6) is 0 Å². The maximum absolute atomic E-state index is 13.7. The molecule has 2 aromatic heterocycles. The Bertz CT molecular complexity index is 1080. The predicted octanol–water partition coefficient (Wildman–Crippen LogP) is 3.12. The van der Waals surface area contributed by atoms with Crippen LogP contribution in [0, 0.1) is 17.5 Å². The quantitative estimate of drug-likeness (QED) is 0.448. The van der Waals surface area contributed by atoms with E-state index in [1.165, 1.54) is 24.7 Å². The molecule has 8 nitrogen and oxygen atoms in total. The van der Waals surface area contributed by atoms with Gasteiger partial charge in [-0.15, -0.1) is 0 Å². The molecule has 0 aliphatic rings. The summed E-state index contributed by atoms with van der Waals surface area (Å²) in [5, 5.41) is 11.0. The molecular weight excluding hydrogens is 444 g/mol. The van der Waals surface area contributed by atoms with Crippen LogP contribution in [0.25, 0.3) is 0 Å². The fourth-order valence-electron chi connectivity index (χ4n) is 2.48. The number of alkyl halides is 3. The summed E-state index contributed by atoms with van der Waals surface area (Å²) in [6.45, 7) is -2.19. The molecule has 0 saturated heterocycles. The summed E-state index contributed by atoms with van der Waals surface area (Å²) in [5.74, 6) is -3.74. The van der Waals surface area contributed by atoms with Gasteiger partial charge in [-0.25, -0.2) is 18.2 Å². The van der Waals surface area contributed by atoms with Crippen molar-refractivity contribution in [2.45, 2.75) is 19.3 Å². The van der Waals surface area contributed by atoms with Gasteiger partial charge in [0.25, 0.3) is 0 Å². The lowest BCUT2D eigenvalue weighted by atomic mass is 10.2. The number of amides is 1. The monoisotopic (exact) mass is 459 g/mol. The van der Waals surface area contributed by atoms with Crippen LogP contribution in [0.1, 0.15) is 5.56 Å². The van der Waals surface area contributed by atoms with E-state index >= 15 is 0 Å². The van der Waals surface area contributed by atoms with Crippen molar-refractivity contribution in [2.75, 3.05) is 17.2 Å². The van der Waals surface area contributed by atoms with Crippen LogP contribution in [0.2, 0.25) is 0 Å². The van der Waals surface area contributed by atoms with Crippen molar-refractivity contribution in [1.82, 2.24) is 25.1 Å². The van der Waals surface area contributed by atoms with E-state index in [9.17, 15) is 31.1 Å². The molecule has 0 spiro atoms. The molecular formula is C18H15F6N7O. The Morgan fingerprint density at radius 1 is 1.12 bits per heavy atom. The third-order valence-electron chi connectivity index (χ3n) is 3.89. The topological polar surface area (TPSA) is 96.8 Å². The molecule has 0 fully saturated rings. The summed E-state index contributed by atoms with van der Waals surface area (Å²) in [5.41, 5.74) is -0.0361. The van der Waals surface area contributed by atoms with E-state index in [-0.39, 0.29) is 23.9 Å². The van der Waals surface area contributed by atoms with E-state index in [0.717, 1.165) is 4.68 Å². The first-order valence-corrected chi connectivity index (χ1v) is 8.92. The fraction of sp³-hybridized carbons (Fsp3) is 0.222. The molecule has 1 amide bonds. The molecule has 3 N–H and O–H groups in total. The van der Waals surface area contributed by atoms with Crippen molar-refractivity contribution in [1.29, 1.82) is 0 Å². The van der Waals surface area contributed by atoms with Crippen LogP contribution in [0.4, 0.5) is 43.8 Å². The van der Waals surface area contributed by atoms with Gasteiger partial charge in [-0.1, -0.05) is 0 Å². The first-order valence-electron chi connectivity index (χ1n) is 8.92. The number of nitrogens with one attached hydrogen (secondary N) is 3. The maximum atomic E-state index is 13.7. The van der Waals surface area contributed by atoms with Crippen molar-refractivity contribution < 1.29 is 31.1 Å². The number of benzene rings is 1. The van der Waals surface area contributed by atoms with Crippen LogP contribution < -0.4 is 16.0 Å². The zero-order valence-corrected chi connectivity index (χ0v) is 16.1. The van der Waals surface area contributed by atoms with Crippen LogP contribution in [0.15, 0.2) is 36.8 Å². The molecule has 0 atom stereocenters. The molecule has 14 heteroatoms. The van der Waals surface area contributed by atoms with Gasteiger partial charge in [0, 0.05) is 36.6 Å². The fourth-order valence-corrected chi connectivity index (χ4v) is 2.48. The number of carbonyl (C=O) groups excluding carboxylic acids is 1. The molecule has 0 unspecified atom stereocenters. The smallest absolute Gasteiger partial charge is 0.366 e. The Balaban J connectivity index is 1.58. The number of aromatic nitrogens is 4. The second-order valence-electron chi connectivity index (χ2n) is 6.41. The third kappa shape index (κ3) is 6.58. The van der Waals surface area contributed by atoms with Gasteiger partial charge >= 0.3 is 6.18 Å². The first-order chi connectivity index (χ1) is 15.1. The van der Waals surface area contributed by atoms with Gasteiger partial charge in [0.05, 0.1) is 11.9 Å². The average molecular weight is 459 g/mol. The van der Waals surface area contributed by atoms with Crippen molar-refractivity contribution >= 4 is 23.4 Å². The molecule has 0 aliphatic carbocycles. The van der Waals surface area contributed by atoms with Crippen LogP contribution in [-0.2, 0) is 17.9 Å². The predicted molar refractivity (Wildman–Crippen MR) is 100 cm³/mol. The van der Waals surface area contributed by atoms with Gasteiger partial charge in [-0.3, -0.25) is 9.48 Å². The number of nitrogens with zero attached hydrogens (tertiary/aromatic N) is 4. The Morgan fingerprint density at radius 3 is 2.53 bits per heavy atom. The summed E-state index contributed by atoms with van der Waals surface area (Å²) >= 11 is 0. The van der Waals surface area contributed by atoms with Gasteiger partial charge in [-0.05, 0) is 6.07 Å². The minimum atomic E-state index is -4.52. The Labute approximate surface area is 176 Å². The minimum Gasteiger partial charge on any atom is -0.366 e. The molecule has 2 heterocycles. The Kier molecular flexibility index (Phi) is 6.80. The molecule has 3 aromatic rings. The van der Waals surface area contributed by atoms with E-state index in [0.29, 0.717) is 17.8 Å². The summed E-state index contributed by atoms with van der Waals surface area (Å²) in [7, 11) is 0. The number of hydrogen-bond acceptors (Lipinski definition) is 6. The summed E-state index contributed by atoms with van der Waals surface area (Å²) in [4.78, 5) is 19.6. The number of halogens is 6. The Hall–Kier alpha value is -3.84. The zero-order chi connectivity index (χ0) is 23.3. The second-order valence-corrected chi connectivity index (χ2v) is 6.41. The third-order valence-corrected chi connectivity index (χ3v) is 3.89. The first kappa shape index (κ1) is 22.8. The number of rotatable bonds is 8. The van der Waals surface area contributed by atoms with Crippen LogP contribution >= 0.6 is 0 Å². The molecule has 0 bridgehead atoms. The van der Waals surface area contributed by atoms with Crippen LogP contribution in [0.3, 0.4) is 0 Å². The van der Waals surface area contributed by atoms with E-state index in [2.05, 4.69) is 25.7 Å². The van der Waals surface area contributed by atoms with Gasteiger partial charge in [0.1, 0.15) is 36.4 Å². The summed E-state index contributed by atoms with van der Waals surface area (Å²) in [6, 6.07) is 2.56. The van der Waals surface area contributed by atoms with Crippen LogP contribution in [-0.4, -0.2) is 38.4 Å². The van der Waals surface area contributed by atoms with E-state index in [4.69, 9.17) is 0 Å². The SMILES string of the molecule is O=C(Cn1cc(Nc2nccc(NCc3c(F)cc(F)cc3F)n2)cn1)NCC(F)(F)F. The Morgan fingerprint density at radius 2 is 1.84 bits per heavy atom. The number of hydrogen-bond donors (Lipinski definition) is 3. The van der Waals surface area contributed by atoms with Gasteiger partial charge in [0.15, 0.2) is 0 Å². The molecule has 0 aliphatic heterocycles. The molecule has 1 aromatic carbocycles. The van der Waals surface area contributed by atoms with Crippen molar-refractivity contribution in [2.24, 2.45) is 0 Å². The standard InChI is InChI=1S/C18H15F6N7O/c19-10-3-13(20)12(14(21)4-10)6-26-15-1-2-25-17(30-15)29-11-5-28-31(7-11)8-16(32)27-9-18(22,23)24/h1-5,7H,6,8-9H2,(H,27,32)(H2,25,26,29,30). The maximum Gasteiger partial charge on any atom is 0.405 e. The highest BCUT2D eigenvalue weighted by molar-refractivity contribution is 5.75. The largest absolute Gasteiger partial charge is 0.405 e. The second kappa shape index (κ2) is 9.53. The van der Waals surface area contributed by atoms with Gasteiger partial charge in [-0.2, -0.15) is 23.3 Å². The van der Waals surface area contributed by atoms with E-state index < -0.39 is 42.6 Å². The van der Waals surface area contributed by atoms with E-state index in [1.54, 1.807) is 5.32 Å². The molecule has 0 radical (unpaired) electrons. The highest BCUT2D eigenvalue weighted by Crippen LogP contribution is 2.18. The number of anilines is 3. The lowest BCUT2D eigenvalue weighted by Crippen LogP contribution is -2.35. The number of carbonyl (C=O) groups is 1. The zero-order valence-electron chi connectivity index (χ0n) is 16.1. The molecule has 3 rings (SSSR count). The van der Waals surface area contributed by atoms with Crippen molar-refractivity contribution in [3.63, 3.8) is 0 Å². The van der Waals surface area contributed by atoms with Gasteiger partial charge in [0.2, 0.25) is 11.9 Å². The molecule has 0 saturated carbocycles.